The van der Waals surface area contributed by atoms with Gasteiger partial charge in [0.15, 0.2) is 0 Å². The van der Waals surface area contributed by atoms with Gasteiger partial charge in [0, 0.05) is 25.6 Å². The van der Waals surface area contributed by atoms with Gasteiger partial charge in [-0.3, -0.25) is 19.2 Å². The summed E-state index contributed by atoms with van der Waals surface area (Å²) in [6.45, 7) is 10.6. The zero-order valence-electron chi connectivity index (χ0n) is 19.3. The van der Waals surface area contributed by atoms with Crippen molar-refractivity contribution >= 4 is 23.6 Å². The summed E-state index contributed by atoms with van der Waals surface area (Å²) in [5.41, 5.74) is -0.553. The summed E-state index contributed by atoms with van der Waals surface area (Å²) in [6, 6.07) is -1.72. The molecule has 2 aliphatic rings. The van der Waals surface area contributed by atoms with Crippen LogP contribution in [0.3, 0.4) is 0 Å². The molecule has 2 aliphatic heterocycles. The van der Waals surface area contributed by atoms with E-state index >= 15 is 0 Å². The van der Waals surface area contributed by atoms with E-state index < -0.39 is 23.5 Å². The maximum Gasteiger partial charge on any atom is 0.246 e. The van der Waals surface area contributed by atoms with E-state index in [-0.39, 0.29) is 29.5 Å². The van der Waals surface area contributed by atoms with Crippen molar-refractivity contribution in [2.45, 2.75) is 84.8 Å². The van der Waals surface area contributed by atoms with E-state index in [1.165, 1.54) is 0 Å². The summed E-state index contributed by atoms with van der Waals surface area (Å²) in [7, 11) is 1.55. The molecule has 2 heterocycles. The first kappa shape index (κ1) is 24.2. The minimum Gasteiger partial charge on any atom is -0.357 e. The maximum atomic E-state index is 13.3. The van der Waals surface area contributed by atoms with Crippen LogP contribution in [0, 0.1) is 11.3 Å². The molecular weight excluding hydrogens is 384 g/mol. The van der Waals surface area contributed by atoms with Crippen LogP contribution in [0.1, 0.15) is 66.7 Å². The van der Waals surface area contributed by atoms with Crippen LogP contribution >= 0.6 is 0 Å². The highest BCUT2D eigenvalue weighted by molar-refractivity contribution is 5.95. The van der Waals surface area contributed by atoms with E-state index in [1.54, 1.807) is 16.8 Å². The van der Waals surface area contributed by atoms with Crippen molar-refractivity contribution in [2.75, 3.05) is 20.1 Å². The number of carbonyl (C=O) groups excluding carboxylic acids is 4. The van der Waals surface area contributed by atoms with Gasteiger partial charge in [0.05, 0.1) is 0 Å². The van der Waals surface area contributed by atoms with Crippen LogP contribution in [0.2, 0.25) is 0 Å². The summed E-state index contributed by atoms with van der Waals surface area (Å²) in [6.07, 6.45) is 3.25. The minimum absolute atomic E-state index is 0.0323. The molecule has 2 rings (SSSR count). The lowest BCUT2D eigenvalue weighted by atomic mass is 9.94. The fourth-order valence-corrected chi connectivity index (χ4v) is 4.34. The van der Waals surface area contributed by atoms with Crippen LogP contribution in [0.4, 0.5) is 0 Å². The molecule has 4 amide bonds. The number of likely N-dealkylation sites (tertiary alicyclic amines) is 2. The Labute approximate surface area is 180 Å². The molecule has 3 atom stereocenters. The van der Waals surface area contributed by atoms with E-state index in [9.17, 15) is 19.2 Å². The van der Waals surface area contributed by atoms with Crippen molar-refractivity contribution in [1.82, 2.24) is 20.4 Å². The number of carbonyl (C=O) groups is 4. The number of hydrogen-bond acceptors (Lipinski definition) is 4. The van der Waals surface area contributed by atoms with Crippen molar-refractivity contribution < 1.29 is 19.2 Å². The lowest BCUT2D eigenvalue weighted by Crippen LogP contribution is -2.56. The van der Waals surface area contributed by atoms with Crippen LogP contribution in [-0.4, -0.2) is 71.7 Å². The van der Waals surface area contributed by atoms with E-state index in [4.69, 9.17) is 0 Å². The third-order valence-corrected chi connectivity index (χ3v) is 5.87. The molecule has 170 valence electrons. The van der Waals surface area contributed by atoms with Gasteiger partial charge in [-0.15, -0.1) is 0 Å². The summed E-state index contributed by atoms with van der Waals surface area (Å²) in [5, 5.41) is 5.45. The van der Waals surface area contributed by atoms with E-state index in [0.717, 1.165) is 12.8 Å². The molecule has 8 heteroatoms. The first-order valence-corrected chi connectivity index (χ1v) is 11.1. The Hall–Kier alpha value is -2.12. The zero-order valence-corrected chi connectivity index (χ0v) is 19.3. The van der Waals surface area contributed by atoms with E-state index in [1.807, 2.05) is 34.6 Å². The molecule has 0 aromatic rings. The highest BCUT2D eigenvalue weighted by atomic mass is 16.2. The molecule has 0 radical (unpaired) electrons. The second kappa shape index (κ2) is 9.79. The third-order valence-electron chi connectivity index (χ3n) is 5.87. The highest BCUT2D eigenvalue weighted by Crippen LogP contribution is 2.29. The quantitative estimate of drug-likeness (QED) is 0.674. The monoisotopic (exact) mass is 422 g/mol. The average Bonchev–Trinajstić information content (AvgIpc) is 3.33. The first-order chi connectivity index (χ1) is 14.0. The largest absolute Gasteiger partial charge is 0.357 e. The SMILES string of the molecule is CNC(=O)[C@@H](CC(C)C)NC(=O)[C@@H]1CCCN1C(=O)[C@H]1CCCN1C(=O)C(C)(C)C. The van der Waals surface area contributed by atoms with Crippen LogP contribution in [0.5, 0.6) is 0 Å². The van der Waals surface area contributed by atoms with E-state index in [0.29, 0.717) is 32.4 Å². The summed E-state index contributed by atoms with van der Waals surface area (Å²) in [5.74, 6) is -0.463. The van der Waals surface area contributed by atoms with Gasteiger partial charge < -0.3 is 20.4 Å². The molecule has 0 spiro atoms. The normalized spacial score (nSPS) is 22.9. The Balaban J connectivity index is 2.12. The van der Waals surface area contributed by atoms with Crippen molar-refractivity contribution in [3.63, 3.8) is 0 Å². The molecular formula is C22H38N4O4. The van der Waals surface area contributed by atoms with Crippen molar-refractivity contribution in [3.8, 4) is 0 Å². The molecule has 2 fully saturated rings. The standard InChI is InChI=1S/C22H38N4O4/c1-14(2)13-15(18(27)23-6)24-19(28)16-9-7-11-25(16)20(29)17-10-8-12-26(17)21(30)22(3,4)5/h14-17H,7-13H2,1-6H3,(H,23,27)(H,24,28)/t15-,16+,17-/m1/s1. The number of nitrogens with one attached hydrogen (secondary N) is 2. The molecule has 8 nitrogen and oxygen atoms in total. The Morgan fingerprint density at radius 1 is 0.967 bits per heavy atom. The molecule has 0 saturated carbocycles. The van der Waals surface area contributed by atoms with Gasteiger partial charge in [0.1, 0.15) is 18.1 Å². The Morgan fingerprint density at radius 2 is 1.53 bits per heavy atom. The molecule has 30 heavy (non-hydrogen) atoms. The fraction of sp³-hybridized carbons (Fsp3) is 0.818. The van der Waals surface area contributed by atoms with Gasteiger partial charge in [0.2, 0.25) is 23.6 Å². The molecule has 0 unspecified atom stereocenters. The van der Waals surface area contributed by atoms with Crippen molar-refractivity contribution in [2.24, 2.45) is 11.3 Å². The van der Waals surface area contributed by atoms with Gasteiger partial charge in [0.25, 0.3) is 0 Å². The van der Waals surface area contributed by atoms with Crippen molar-refractivity contribution in [1.29, 1.82) is 0 Å². The number of nitrogens with zero attached hydrogens (tertiary/aromatic N) is 2. The lowest BCUT2D eigenvalue weighted by molar-refractivity contribution is -0.150. The lowest BCUT2D eigenvalue weighted by Gasteiger charge is -2.34. The molecule has 0 aliphatic carbocycles. The van der Waals surface area contributed by atoms with E-state index in [2.05, 4.69) is 10.6 Å². The second-order valence-electron chi connectivity index (χ2n) is 9.90. The predicted octanol–water partition coefficient (Wildman–Crippen LogP) is 1.29. The van der Waals surface area contributed by atoms with Crippen LogP contribution in [0.15, 0.2) is 0 Å². The number of amides is 4. The van der Waals surface area contributed by atoms with Gasteiger partial charge in [-0.25, -0.2) is 0 Å². The smallest absolute Gasteiger partial charge is 0.246 e. The molecule has 2 saturated heterocycles. The molecule has 2 N–H and O–H groups in total. The topological polar surface area (TPSA) is 98.8 Å². The first-order valence-electron chi connectivity index (χ1n) is 11.1. The zero-order chi connectivity index (χ0) is 22.6. The second-order valence-corrected chi connectivity index (χ2v) is 9.90. The van der Waals surface area contributed by atoms with Crippen LogP contribution in [-0.2, 0) is 19.2 Å². The van der Waals surface area contributed by atoms with Gasteiger partial charge >= 0.3 is 0 Å². The molecule has 0 bridgehead atoms. The summed E-state index contributed by atoms with van der Waals surface area (Å²) < 4.78 is 0. The third kappa shape index (κ3) is 5.52. The Bertz CT molecular complexity index is 671. The predicted molar refractivity (Wildman–Crippen MR) is 114 cm³/mol. The maximum absolute atomic E-state index is 13.3. The molecule has 0 aromatic heterocycles. The number of rotatable bonds is 6. The Morgan fingerprint density at radius 3 is 2.07 bits per heavy atom. The number of hydrogen-bond donors (Lipinski definition) is 2. The van der Waals surface area contributed by atoms with Crippen LogP contribution < -0.4 is 10.6 Å². The highest BCUT2D eigenvalue weighted by Gasteiger charge is 2.44. The Kier molecular flexibility index (Phi) is 7.88. The fourth-order valence-electron chi connectivity index (χ4n) is 4.34. The summed E-state index contributed by atoms with van der Waals surface area (Å²) >= 11 is 0. The van der Waals surface area contributed by atoms with Gasteiger partial charge in [-0.05, 0) is 38.0 Å². The molecule has 0 aromatic carbocycles. The average molecular weight is 423 g/mol. The van der Waals surface area contributed by atoms with Gasteiger partial charge in [-0.1, -0.05) is 34.6 Å². The minimum atomic E-state index is -0.620. The summed E-state index contributed by atoms with van der Waals surface area (Å²) in [4.78, 5) is 54.6. The van der Waals surface area contributed by atoms with Crippen molar-refractivity contribution in [3.05, 3.63) is 0 Å². The van der Waals surface area contributed by atoms with Gasteiger partial charge in [-0.2, -0.15) is 0 Å². The number of likely N-dealkylation sites (N-methyl/N-ethyl adjacent to an activating group) is 1. The van der Waals surface area contributed by atoms with Crippen LogP contribution in [0.25, 0.3) is 0 Å².